The molecule has 0 aliphatic heterocycles. The zero-order valence-corrected chi connectivity index (χ0v) is 10.7. The van der Waals surface area contributed by atoms with Gasteiger partial charge in [-0.25, -0.2) is 14.4 Å². The fourth-order valence-electron chi connectivity index (χ4n) is 1.19. The highest BCUT2D eigenvalue weighted by molar-refractivity contribution is 6.29. The van der Waals surface area contributed by atoms with Gasteiger partial charge in [0.2, 0.25) is 0 Å². The van der Waals surface area contributed by atoms with E-state index in [0.29, 0.717) is 16.5 Å². The lowest BCUT2D eigenvalue weighted by Crippen LogP contribution is -1.93. The van der Waals surface area contributed by atoms with Gasteiger partial charge in [-0.3, -0.25) is 4.98 Å². The first-order chi connectivity index (χ1) is 8.15. The van der Waals surface area contributed by atoms with E-state index in [4.69, 9.17) is 11.6 Å². The Labute approximate surface area is 105 Å². The largest absolute Gasteiger partial charge is 0.261 e. The molecule has 2 aromatic rings. The Morgan fingerprint density at radius 1 is 1.12 bits per heavy atom. The van der Waals surface area contributed by atoms with Crippen LogP contribution in [0.15, 0.2) is 24.5 Å². The molecule has 0 N–H and O–H groups in total. The fourth-order valence-corrected chi connectivity index (χ4v) is 1.43. The van der Waals surface area contributed by atoms with Crippen molar-refractivity contribution in [2.45, 2.75) is 20.8 Å². The van der Waals surface area contributed by atoms with Crippen LogP contribution >= 0.6 is 11.6 Å². The van der Waals surface area contributed by atoms with Crippen LogP contribution in [0.3, 0.4) is 0 Å². The van der Waals surface area contributed by atoms with Gasteiger partial charge < -0.3 is 0 Å². The number of nitrogens with zero attached hydrogens (tertiary/aromatic N) is 3. The van der Waals surface area contributed by atoms with E-state index in [1.54, 1.807) is 13.0 Å². The minimum Gasteiger partial charge on any atom is -0.261 e. The van der Waals surface area contributed by atoms with E-state index in [-0.39, 0.29) is 0 Å². The molecule has 5 heteroatoms. The van der Waals surface area contributed by atoms with E-state index < -0.39 is 5.82 Å². The molecule has 17 heavy (non-hydrogen) atoms. The van der Waals surface area contributed by atoms with Gasteiger partial charge in [-0.15, -0.1) is 0 Å². The Balaban J connectivity index is 0.000000686. The number of rotatable bonds is 1. The maximum atomic E-state index is 12.9. The van der Waals surface area contributed by atoms with E-state index in [0.717, 1.165) is 11.9 Å². The van der Waals surface area contributed by atoms with E-state index in [1.165, 1.54) is 12.3 Å². The number of hydrogen-bond donors (Lipinski definition) is 0. The molecule has 0 atom stereocenters. The number of pyridine rings is 1. The minimum atomic E-state index is -0.422. The molecule has 2 aromatic heterocycles. The number of halogens is 2. The van der Waals surface area contributed by atoms with Gasteiger partial charge in [-0.05, 0) is 19.1 Å². The highest BCUT2D eigenvalue weighted by atomic mass is 35.5. The van der Waals surface area contributed by atoms with Crippen LogP contribution < -0.4 is 0 Å². The predicted octanol–water partition coefficient (Wildman–Crippen LogP) is 3.67. The SMILES string of the molecule is CC.Cc1cc(Cl)nc(-c2cncc(F)c2)n1. The Hall–Kier alpha value is -1.55. The van der Waals surface area contributed by atoms with Crippen molar-refractivity contribution in [2.75, 3.05) is 0 Å². The third-order valence-electron chi connectivity index (χ3n) is 1.79. The van der Waals surface area contributed by atoms with Crippen LogP contribution in [-0.2, 0) is 0 Å². The van der Waals surface area contributed by atoms with Crippen molar-refractivity contribution >= 4 is 11.6 Å². The second kappa shape index (κ2) is 6.25. The molecule has 0 saturated heterocycles. The van der Waals surface area contributed by atoms with Gasteiger partial charge in [0, 0.05) is 17.5 Å². The average molecular weight is 254 g/mol. The molecule has 0 aliphatic rings. The van der Waals surface area contributed by atoms with Crippen molar-refractivity contribution in [1.82, 2.24) is 15.0 Å². The van der Waals surface area contributed by atoms with Gasteiger partial charge in [0.15, 0.2) is 5.82 Å². The van der Waals surface area contributed by atoms with Crippen molar-refractivity contribution in [3.8, 4) is 11.4 Å². The second-order valence-corrected chi connectivity index (χ2v) is 3.43. The highest BCUT2D eigenvalue weighted by Gasteiger charge is 2.05. The second-order valence-electron chi connectivity index (χ2n) is 3.05. The Morgan fingerprint density at radius 3 is 2.41 bits per heavy atom. The van der Waals surface area contributed by atoms with Crippen LogP contribution in [0.1, 0.15) is 19.5 Å². The Bertz CT molecular complexity index is 483. The molecule has 0 fully saturated rings. The topological polar surface area (TPSA) is 38.7 Å². The normalized spacial score (nSPS) is 9.47. The van der Waals surface area contributed by atoms with Gasteiger partial charge >= 0.3 is 0 Å². The van der Waals surface area contributed by atoms with Crippen LogP contribution in [-0.4, -0.2) is 15.0 Å². The van der Waals surface area contributed by atoms with Crippen LogP contribution in [0, 0.1) is 12.7 Å². The molecule has 0 bridgehead atoms. The average Bonchev–Trinajstić information content (AvgIpc) is 2.30. The van der Waals surface area contributed by atoms with Crippen molar-refractivity contribution in [3.63, 3.8) is 0 Å². The summed E-state index contributed by atoms with van der Waals surface area (Å²) in [6.07, 6.45) is 2.62. The molecule has 0 aliphatic carbocycles. The van der Waals surface area contributed by atoms with Crippen molar-refractivity contribution in [1.29, 1.82) is 0 Å². The molecule has 0 saturated carbocycles. The predicted molar refractivity (Wildman–Crippen MR) is 66.3 cm³/mol. The number of aryl methyl sites for hydroxylation is 1. The summed E-state index contributed by atoms with van der Waals surface area (Å²) in [7, 11) is 0. The first-order valence-electron chi connectivity index (χ1n) is 5.27. The zero-order valence-electron chi connectivity index (χ0n) is 9.91. The van der Waals surface area contributed by atoms with Crippen molar-refractivity contribution in [3.05, 3.63) is 41.2 Å². The lowest BCUT2D eigenvalue weighted by Gasteiger charge is -2.01. The summed E-state index contributed by atoms with van der Waals surface area (Å²) in [5.74, 6) is -0.0410. The summed E-state index contributed by atoms with van der Waals surface area (Å²) >= 11 is 5.77. The van der Waals surface area contributed by atoms with Crippen LogP contribution in [0.25, 0.3) is 11.4 Å². The summed E-state index contributed by atoms with van der Waals surface area (Å²) in [6, 6.07) is 2.95. The number of aromatic nitrogens is 3. The monoisotopic (exact) mass is 253 g/mol. The molecule has 3 nitrogen and oxygen atoms in total. The molecular formula is C12H13ClFN3. The van der Waals surface area contributed by atoms with Crippen LogP contribution in [0.2, 0.25) is 5.15 Å². The molecule has 0 unspecified atom stereocenters. The third kappa shape index (κ3) is 3.75. The summed E-state index contributed by atoms with van der Waals surface area (Å²) in [5.41, 5.74) is 1.25. The Morgan fingerprint density at radius 2 is 1.82 bits per heavy atom. The molecule has 0 spiro atoms. The molecular weight excluding hydrogens is 241 g/mol. The van der Waals surface area contributed by atoms with Gasteiger partial charge in [0.1, 0.15) is 11.0 Å². The van der Waals surface area contributed by atoms with E-state index in [2.05, 4.69) is 15.0 Å². The molecule has 0 amide bonds. The van der Waals surface area contributed by atoms with Gasteiger partial charge in [-0.1, -0.05) is 25.4 Å². The zero-order chi connectivity index (χ0) is 12.8. The minimum absolute atomic E-state index is 0.335. The highest BCUT2D eigenvalue weighted by Crippen LogP contribution is 2.17. The summed E-state index contributed by atoms with van der Waals surface area (Å²) in [5, 5.41) is 0.335. The van der Waals surface area contributed by atoms with E-state index in [1.807, 2.05) is 13.8 Å². The quantitative estimate of drug-likeness (QED) is 0.728. The smallest absolute Gasteiger partial charge is 0.162 e. The van der Waals surface area contributed by atoms with Gasteiger partial charge in [0.25, 0.3) is 0 Å². The molecule has 90 valence electrons. The van der Waals surface area contributed by atoms with E-state index in [9.17, 15) is 4.39 Å². The first kappa shape index (κ1) is 13.5. The molecule has 0 aromatic carbocycles. The molecule has 2 heterocycles. The maximum absolute atomic E-state index is 12.9. The standard InChI is InChI=1S/C10H7ClFN3.C2H6/c1-6-2-9(11)15-10(14-6)7-3-8(12)5-13-4-7;1-2/h2-5H,1H3;1-2H3. The van der Waals surface area contributed by atoms with Crippen LogP contribution in [0.5, 0.6) is 0 Å². The van der Waals surface area contributed by atoms with Gasteiger partial charge in [0.05, 0.1) is 6.20 Å². The van der Waals surface area contributed by atoms with Gasteiger partial charge in [-0.2, -0.15) is 0 Å². The van der Waals surface area contributed by atoms with Crippen molar-refractivity contribution < 1.29 is 4.39 Å². The lowest BCUT2D eigenvalue weighted by molar-refractivity contribution is 0.622. The summed E-state index contributed by atoms with van der Waals surface area (Å²) in [6.45, 7) is 5.80. The first-order valence-corrected chi connectivity index (χ1v) is 5.65. The fraction of sp³-hybridized carbons (Fsp3) is 0.250. The summed E-state index contributed by atoms with van der Waals surface area (Å²) < 4.78 is 12.9. The van der Waals surface area contributed by atoms with E-state index >= 15 is 0 Å². The number of hydrogen-bond acceptors (Lipinski definition) is 3. The molecule has 2 rings (SSSR count). The third-order valence-corrected chi connectivity index (χ3v) is 1.98. The Kier molecular flexibility index (Phi) is 4.97. The summed E-state index contributed by atoms with van der Waals surface area (Å²) in [4.78, 5) is 11.9. The van der Waals surface area contributed by atoms with Crippen LogP contribution in [0.4, 0.5) is 4.39 Å². The van der Waals surface area contributed by atoms with Crippen molar-refractivity contribution in [2.24, 2.45) is 0 Å². The lowest BCUT2D eigenvalue weighted by atomic mass is 10.2. The maximum Gasteiger partial charge on any atom is 0.162 e. The molecule has 0 radical (unpaired) electrons.